The lowest BCUT2D eigenvalue weighted by atomic mass is 10.1. The number of hydrogen-bond acceptors (Lipinski definition) is 2. The van der Waals surface area contributed by atoms with Crippen molar-refractivity contribution >= 4 is 27.6 Å². The van der Waals surface area contributed by atoms with Gasteiger partial charge in [-0.1, -0.05) is 28.1 Å². The first-order valence-corrected chi connectivity index (χ1v) is 8.09. The van der Waals surface area contributed by atoms with E-state index in [1.165, 1.54) is 12.1 Å². The molecule has 122 valence electrons. The molecule has 0 bridgehead atoms. The molecular weight excluding hydrogens is 363 g/mol. The summed E-state index contributed by atoms with van der Waals surface area (Å²) in [5.41, 5.74) is 1.23. The highest BCUT2D eigenvalue weighted by Crippen LogP contribution is 2.19. The second-order valence-corrected chi connectivity index (χ2v) is 5.75. The van der Waals surface area contributed by atoms with Gasteiger partial charge < -0.3 is 15.4 Å². The SMILES string of the molecule is CCOc1ccc(CCNC(=O)Nc2ccc(Br)cc2F)cc1. The van der Waals surface area contributed by atoms with Crippen molar-refractivity contribution in [1.82, 2.24) is 5.32 Å². The number of amides is 2. The number of carbonyl (C=O) groups excluding carboxylic acids is 1. The minimum atomic E-state index is -0.485. The number of hydrogen-bond donors (Lipinski definition) is 2. The van der Waals surface area contributed by atoms with Gasteiger partial charge in [-0.3, -0.25) is 0 Å². The molecule has 0 aliphatic rings. The third-order valence-electron chi connectivity index (χ3n) is 3.11. The highest BCUT2D eigenvalue weighted by atomic mass is 79.9. The predicted octanol–water partition coefficient (Wildman–Crippen LogP) is 4.35. The molecule has 2 rings (SSSR count). The molecule has 23 heavy (non-hydrogen) atoms. The first-order valence-electron chi connectivity index (χ1n) is 7.30. The summed E-state index contributed by atoms with van der Waals surface area (Å²) in [5.74, 6) is 0.341. The fraction of sp³-hybridized carbons (Fsp3) is 0.235. The zero-order valence-electron chi connectivity index (χ0n) is 12.7. The summed E-state index contributed by atoms with van der Waals surface area (Å²) < 4.78 is 19.6. The molecule has 0 saturated heterocycles. The Morgan fingerprint density at radius 3 is 2.61 bits per heavy atom. The molecule has 0 radical (unpaired) electrons. The van der Waals surface area contributed by atoms with Crippen molar-refractivity contribution in [2.75, 3.05) is 18.5 Å². The smallest absolute Gasteiger partial charge is 0.319 e. The zero-order chi connectivity index (χ0) is 16.7. The molecule has 2 amide bonds. The fourth-order valence-electron chi connectivity index (χ4n) is 2.00. The molecule has 0 spiro atoms. The number of rotatable bonds is 6. The Kier molecular flexibility index (Phi) is 6.40. The van der Waals surface area contributed by atoms with Crippen molar-refractivity contribution in [3.63, 3.8) is 0 Å². The van der Waals surface area contributed by atoms with Crippen LogP contribution in [0.1, 0.15) is 12.5 Å². The number of urea groups is 1. The van der Waals surface area contributed by atoms with E-state index in [-0.39, 0.29) is 5.69 Å². The Hall–Kier alpha value is -2.08. The average Bonchev–Trinajstić information content (AvgIpc) is 2.52. The fourth-order valence-corrected chi connectivity index (χ4v) is 2.33. The van der Waals surface area contributed by atoms with Crippen LogP contribution in [0.15, 0.2) is 46.9 Å². The third-order valence-corrected chi connectivity index (χ3v) is 3.61. The number of anilines is 1. The predicted molar refractivity (Wildman–Crippen MR) is 92.4 cm³/mol. The van der Waals surface area contributed by atoms with E-state index in [2.05, 4.69) is 26.6 Å². The molecule has 0 aliphatic carbocycles. The van der Waals surface area contributed by atoms with Crippen LogP contribution in [0.2, 0.25) is 0 Å². The van der Waals surface area contributed by atoms with E-state index in [1.54, 1.807) is 6.07 Å². The Labute approximate surface area is 143 Å². The lowest BCUT2D eigenvalue weighted by Gasteiger charge is -2.09. The molecule has 4 nitrogen and oxygen atoms in total. The Bertz CT molecular complexity index is 662. The Morgan fingerprint density at radius 1 is 1.22 bits per heavy atom. The molecule has 0 aromatic heterocycles. The van der Waals surface area contributed by atoms with E-state index in [4.69, 9.17) is 4.74 Å². The van der Waals surface area contributed by atoms with Crippen LogP contribution < -0.4 is 15.4 Å². The molecule has 0 saturated carbocycles. The quantitative estimate of drug-likeness (QED) is 0.782. The van der Waals surface area contributed by atoms with E-state index in [9.17, 15) is 9.18 Å². The Morgan fingerprint density at radius 2 is 1.96 bits per heavy atom. The highest BCUT2D eigenvalue weighted by molar-refractivity contribution is 9.10. The molecular formula is C17H18BrFN2O2. The lowest BCUT2D eigenvalue weighted by molar-refractivity contribution is 0.252. The molecule has 0 aliphatic heterocycles. The minimum absolute atomic E-state index is 0.145. The zero-order valence-corrected chi connectivity index (χ0v) is 14.3. The van der Waals surface area contributed by atoms with Gasteiger partial charge in [0.2, 0.25) is 0 Å². The summed E-state index contributed by atoms with van der Waals surface area (Å²) in [6, 6.07) is 11.8. The van der Waals surface area contributed by atoms with Crippen molar-refractivity contribution in [2.24, 2.45) is 0 Å². The molecule has 0 atom stereocenters. The minimum Gasteiger partial charge on any atom is -0.494 e. The van der Waals surface area contributed by atoms with Crippen LogP contribution in [-0.2, 0) is 6.42 Å². The van der Waals surface area contributed by atoms with Gasteiger partial charge in [-0.05, 0) is 49.2 Å². The molecule has 2 aromatic carbocycles. The van der Waals surface area contributed by atoms with Gasteiger partial charge in [0, 0.05) is 11.0 Å². The maximum absolute atomic E-state index is 13.6. The second-order valence-electron chi connectivity index (χ2n) is 4.83. The molecule has 0 unspecified atom stereocenters. The van der Waals surface area contributed by atoms with Gasteiger partial charge in [0.15, 0.2) is 0 Å². The van der Waals surface area contributed by atoms with Gasteiger partial charge >= 0.3 is 6.03 Å². The van der Waals surface area contributed by atoms with E-state index >= 15 is 0 Å². The standard InChI is InChI=1S/C17H18BrFN2O2/c1-2-23-14-6-3-12(4-7-14)9-10-20-17(22)21-16-8-5-13(18)11-15(16)19/h3-8,11H,2,9-10H2,1H3,(H2,20,21,22). The van der Waals surface area contributed by atoms with Crippen molar-refractivity contribution in [3.05, 3.63) is 58.3 Å². The first-order chi connectivity index (χ1) is 11.1. The van der Waals surface area contributed by atoms with Crippen LogP contribution in [0, 0.1) is 5.82 Å². The van der Waals surface area contributed by atoms with E-state index < -0.39 is 11.8 Å². The van der Waals surface area contributed by atoms with Crippen LogP contribution in [0.3, 0.4) is 0 Å². The van der Waals surface area contributed by atoms with E-state index in [1.807, 2.05) is 31.2 Å². The van der Waals surface area contributed by atoms with E-state index in [0.717, 1.165) is 11.3 Å². The highest BCUT2D eigenvalue weighted by Gasteiger charge is 2.06. The largest absolute Gasteiger partial charge is 0.494 e. The van der Waals surface area contributed by atoms with Crippen molar-refractivity contribution in [3.8, 4) is 5.75 Å². The summed E-state index contributed by atoms with van der Waals surface area (Å²) in [7, 11) is 0. The van der Waals surface area contributed by atoms with Gasteiger partial charge in [-0.15, -0.1) is 0 Å². The molecule has 0 heterocycles. The maximum atomic E-state index is 13.6. The average molecular weight is 381 g/mol. The van der Waals surface area contributed by atoms with Crippen LogP contribution in [0.4, 0.5) is 14.9 Å². The molecule has 2 aromatic rings. The van der Waals surface area contributed by atoms with Gasteiger partial charge in [-0.25, -0.2) is 9.18 Å². The second kappa shape index (κ2) is 8.53. The van der Waals surface area contributed by atoms with Crippen LogP contribution in [-0.4, -0.2) is 19.2 Å². The third kappa shape index (κ3) is 5.56. The van der Waals surface area contributed by atoms with Crippen LogP contribution >= 0.6 is 15.9 Å². The topological polar surface area (TPSA) is 50.4 Å². The van der Waals surface area contributed by atoms with Crippen molar-refractivity contribution < 1.29 is 13.9 Å². The van der Waals surface area contributed by atoms with Crippen LogP contribution in [0.25, 0.3) is 0 Å². The number of halogens is 2. The lowest BCUT2D eigenvalue weighted by Crippen LogP contribution is -2.30. The van der Waals surface area contributed by atoms with Gasteiger partial charge in [0.05, 0.1) is 12.3 Å². The van der Waals surface area contributed by atoms with E-state index in [0.29, 0.717) is 24.0 Å². The number of carbonyl (C=O) groups is 1. The van der Waals surface area contributed by atoms with Gasteiger partial charge in [-0.2, -0.15) is 0 Å². The normalized spacial score (nSPS) is 10.2. The maximum Gasteiger partial charge on any atom is 0.319 e. The molecule has 6 heteroatoms. The summed E-state index contributed by atoms with van der Waals surface area (Å²) in [6.45, 7) is 3.02. The number of nitrogens with one attached hydrogen (secondary N) is 2. The molecule has 0 fully saturated rings. The summed E-state index contributed by atoms with van der Waals surface area (Å²) in [6.07, 6.45) is 0.683. The number of benzene rings is 2. The number of ether oxygens (including phenoxy) is 1. The monoisotopic (exact) mass is 380 g/mol. The summed E-state index contributed by atoms with van der Waals surface area (Å²) in [5, 5.41) is 5.19. The Balaban J connectivity index is 1.78. The summed E-state index contributed by atoms with van der Waals surface area (Å²) in [4.78, 5) is 11.8. The van der Waals surface area contributed by atoms with Crippen molar-refractivity contribution in [1.29, 1.82) is 0 Å². The van der Waals surface area contributed by atoms with Crippen molar-refractivity contribution in [2.45, 2.75) is 13.3 Å². The van der Waals surface area contributed by atoms with Gasteiger partial charge in [0.1, 0.15) is 11.6 Å². The summed E-state index contributed by atoms with van der Waals surface area (Å²) >= 11 is 3.17. The van der Waals surface area contributed by atoms with Crippen LogP contribution in [0.5, 0.6) is 5.75 Å². The first kappa shape index (κ1) is 17.3. The molecule has 2 N–H and O–H groups in total. The van der Waals surface area contributed by atoms with Gasteiger partial charge in [0.25, 0.3) is 0 Å².